The van der Waals surface area contributed by atoms with E-state index in [0.717, 1.165) is 4.90 Å². The van der Waals surface area contributed by atoms with Crippen LogP contribution in [0.25, 0.3) is 10.9 Å². The van der Waals surface area contributed by atoms with Crippen molar-refractivity contribution in [3.63, 3.8) is 0 Å². The summed E-state index contributed by atoms with van der Waals surface area (Å²) in [6.07, 6.45) is 3.01. The summed E-state index contributed by atoms with van der Waals surface area (Å²) in [6.45, 7) is -0.0773. The summed E-state index contributed by atoms with van der Waals surface area (Å²) in [6, 6.07) is 12.9. The first-order valence-electron chi connectivity index (χ1n) is 23.8. The Morgan fingerprint density at radius 2 is 1.29 bits per heavy atom. The number of benzene rings is 3. The summed E-state index contributed by atoms with van der Waals surface area (Å²) < 4.78 is 73.7. The Morgan fingerprint density at radius 1 is 0.701 bits per heavy atom. The van der Waals surface area contributed by atoms with Gasteiger partial charge in [0.15, 0.2) is 0 Å². The highest BCUT2D eigenvalue weighted by molar-refractivity contribution is 7.98. The van der Waals surface area contributed by atoms with Gasteiger partial charge in [-0.05, 0) is 71.7 Å². The number of amides is 8. The minimum atomic E-state index is -5.09. The van der Waals surface area contributed by atoms with Gasteiger partial charge in [0.05, 0.1) is 12.6 Å². The number of nitrogens with one attached hydrogen (secondary N) is 7. The maximum Gasteiger partial charge on any atom is 0.446 e. The third-order valence-electron chi connectivity index (χ3n) is 12.0. The molecule has 418 valence electrons. The molecule has 0 spiro atoms. The highest BCUT2D eigenvalue weighted by Crippen LogP contribution is 2.25. The van der Waals surface area contributed by atoms with E-state index in [2.05, 4.69) is 41.1 Å². The van der Waals surface area contributed by atoms with E-state index in [-0.39, 0.29) is 43.6 Å². The Labute approximate surface area is 452 Å². The van der Waals surface area contributed by atoms with Gasteiger partial charge in [0, 0.05) is 56.3 Å². The van der Waals surface area contributed by atoms with Crippen molar-refractivity contribution in [2.45, 2.75) is 87.8 Å². The highest BCUT2D eigenvalue weighted by Gasteiger charge is 2.45. The van der Waals surface area contributed by atoms with Crippen LogP contribution in [-0.4, -0.2) is 163 Å². The Hall–Kier alpha value is -6.76. The fraction of sp³-hybridized carbons (Fsp3) is 0.417. The van der Waals surface area contributed by atoms with Gasteiger partial charge in [0.1, 0.15) is 42.0 Å². The maximum absolute atomic E-state index is 14.6. The Kier molecular flexibility index (Phi) is 22.7. The van der Waals surface area contributed by atoms with E-state index in [1.165, 1.54) is 54.7 Å². The van der Waals surface area contributed by atoms with Crippen molar-refractivity contribution in [3.05, 3.63) is 102 Å². The molecule has 1 aliphatic heterocycles. The van der Waals surface area contributed by atoms with E-state index in [1.54, 1.807) is 73.3 Å². The van der Waals surface area contributed by atoms with E-state index >= 15 is 0 Å². The van der Waals surface area contributed by atoms with Crippen LogP contribution >= 0.6 is 23.5 Å². The topological polar surface area (TPSA) is 381 Å². The van der Waals surface area contributed by atoms with Crippen molar-refractivity contribution in [2.24, 2.45) is 5.73 Å². The van der Waals surface area contributed by atoms with Crippen molar-refractivity contribution in [2.75, 3.05) is 37.1 Å². The predicted octanol–water partition coefficient (Wildman–Crippen LogP) is -0.282. The maximum atomic E-state index is 14.6. The molecular weight excluding hydrogens is 1090 g/mol. The van der Waals surface area contributed by atoms with Gasteiger partial charge >= 0.3 is 20.8 Å². The number of nitrogens with two attached hydrogens (primary N) is 1. The molecule has 25 nitrogen and oxygen atoms in total. The summed E-state index contributed by atoms with van der Waals surface area (Å²) in [7, 11) is -9.89. The molecule has 29 heteroatoms. The molecule has 1 saturated heterocycles. The molecule has 0 aliphatic carbocycles. The van der Waals surface area contributed by atoms with Crippen LogP contribution in [-0.2, 0) is 82.6 Å². The van der Waals surface area contributed by atoms with Crippen molar-refractivity contribution in [1.82, 2.24) is 41.8 Å². The summed E-state index contributed by atoms with van der Waals surface area (Å²) in [5, 5.41) is 16.2. The summed E-state index contributed by atoms with van der Waals surface area (Å²) >= 11 is 2.68. The lowest BCUT2D eigenvalue weighted by molar-refractivity contribution is -0.142. The number of fused-ring (bicyclic) bond motifs is 1. The largest absolute Gasteiger partial charge is 0.446 e. The number of rotatable bonds is 29. The van der Waals surface area contributed by atoms with Crippen LogP contribution in [0.15, 0.2) is 85.1 Å². The minimum Gasteiger partial charge on any atom is -0.368 e. The summed E-state index contributed by atoms with van der Waals surface area (Å²) in [5.41, 5.74) is 8.02. The van der Waals surface area contributed by atoms with Gasteiger partial charge in [0.25, 0.3) is 0 Å². The highest BCUT2D eigenvalue weighted by atomic mass is 32.3. The molecule has 3 aromatic carbocycles. The summed E-state index contributed by atoms with van der Waals surface area (Å²) in [5.74, 6) is -6.11. The number of hydrogen-bond donors (Lipinski definition) is 10. The number of carbonyl (C=O) groups is 8. The zero-order chi connectivity index (χ0) is 56.5. The molecule has 0 bridgehead atoms. The van der Waals surface area contributed by atoms with Crippen LogP contribution in [0.4, 0.5) is 0 Å². The number of H-pyrrole nitrogens is 1. The monoisotopic (exact) mass is 1150 g/mol. The van der Waals surface area contributed by atoms with E-state index in [1.807, 2.05) is 0 Å². The van der Waals surface area contributed by atoms with Crippen LogP contribution in [0.2, 0.25) is 0 Å². The number of aromatic nitrogens is 1. The SMILES string of the molecule is CSCC[C@H](NC(=O)[C@H](Cc1ccc(OS(=O)(=O)O)cc1)NC(C)=O)C(=O)NCC(=O)N[C@@H](Cc1c[nH]c2ccccc12)C(=O)N[C@@H](CCSC)C(=O)N1C[C@H](OS(=O)(=O)O)C[C@H]1C(=O)N[C@@H](Cc1ccccc1)C(N)=O. The van der Waals surface area contributed by atoms with E-state index in [4.69, 9.17) is 14.5 Å². The van der Waals surface area contributed by atoms with Crippen LogP contribution in [0, 0.1) is 0 Å². The van der Waals surface area contributed by atoms with Crippen LogP contribution in [0.3, 0.4) is 0 Å². The number of nitrogens with zero attached hydrogens (tertiary/aromatic N) is 1. The normalized spacial score (nSPS) is 16.5. The van der Waals surface area contributed by atoms with Crippen molar-refractivity contribution in [1.29, 1.82) is 0 Å². The molecular formula is C48H61N9O16S4. The second kappa shape index (κ2) is 28.6. The lowest BCUT2D eigenvalue weighted by atomic mass is 10.0. The van der Waals surface area contributed by atoms with Gasteiger partial charge in [-0.3, -0.25) is 47.5 Å². The average molecular weight is 1150 g/mol. The van der Waals surface area contributed by atoms with Gasteiger partial charge in [-0.2, -0.15) is 40.4 Å². The molecule has 0 unspecified atom stereocenters. The molecule has 77 heavy (non-hydrogen) atoms. The van der Waals surface area contributed by atoms with Crippen molar-refractivity contribution >= 4 is 102 Å². The molecule has 7 atom stereocenters. The van der Waals surface area contributed by atoms with Gasteiger partial charge in [-0.1, -0.05) is 60.7 Å². The molecule has 8 amide bonds. The van der Waals surface area contributed by atoms with Crippen LogP contribution < -0.4 is 41.8 Å². The average Bonchev–Trinajstić information content (AvgIpc) is 4.00. The van der Waals surface area contributed by atoms with E-state index < -0.39 is 130 Å². The second-order valence-electron chi connectivity index (χ2n) is 17.7. The zero-order valence-corrected chi connectivity index (χ0v) is 45.2. The third-order valence-corrected chi connectivity index (χ3v) is 14.2. The fourth-order valence-corrected chi connectivity index (χ4v) is 10.2. The molecule has 2 heterocycles. The van der Waals surface area contributed by atoms with Gasteiger partial charge in [-0.15, -0.1) is 0 Å². The minimum absolute atomic E-state index is 0.0235. The Morgan fingerprint density at radius 3 is 1.90 bits per heavy atom. The van der Waals surface area contributed by atoms with Gasteiger partial charge < -0.3 is 51.7 Å². The number of para-hydroxylation sites is 1. The lowest BCUT2D eigenvalue weighted by Crippen LogP contribution is -2.59. The molecule has 0 radical (unpaired) electrons. The van der Waals surface area contributed by atoms with E-state index in [0.29, 0.717) is 33.3 Å². The zero-order valence-electron chi connectivity index (χ0n) is 42.0. The van der Waals surface area contributed by atoms with Gasteiger partial charge in [0.2, 0.25) is 47.3 Å². The number of thioether (sulfide) groups is 2. The van der Waals surface area contributed by atoms with Crippen LogP contribution in [0.1, 0.15) is 42.9 Å². The molecule has 1 aliphatic rings. The summed E-state index contributed by atoms with van der Waals surface area (Å²) in [4.78, 5) is 113. The van der Waals surface area contributed by atoms with E-state index in [9.17, 15) is 59.7 Å². The third kappa shape index (κ3) is 19.6. The van der Waals surface area contributed by atoms with Gasteiger partial charge in [-0.25, -0.2) is 4.18 Å². The lowest BCUT2D eigenvalue weighted by Gasteiger charge is -2.30. The standard InChI is InChI=1S/C48H61N9O16S4/c1-28(58)52-39(22-30-13-15-32(16-14-30)72-76(66,67)68)45(62)54-36(17-19-74-2)44(61)51-26-42(59)53-40(23-31-25-50-35-12-8-7-11-34(31)35)46(63)55-37(18-20-75-3)48(65)57-27-33(73-77(69,70)71)24-41(57)47(64)56-38(43(49)60)21-29-9-5-4-6-10-29/h4-16,25,33,36-41,50H,17-24,26-27H2,1-3H3,(H2,49,60)(H,51,61)(H,52,58)(H,53,59)(H,54,62)(H,55,63)(H,56,64)(H,66,67,68)(H,69,70,71)/t33-,36+,37+,38+,39+,40+,41+/m1/s1. The number of aromatic amines is 1. The second-order valence-corrected chi connectivity index (χ2v) is 21.8. The quantitative estimate of drug-likeness (QED) is 0.0313. The molecule has 4 aromatic rings. The predicted molar refractivity (Wildman–Crippen MR) is 285 cm³/mol. The van der Waals surface area contributed by atoms with Crippen molar-refractivity contribution < 1.29 is 72.7 Å². The number of carbonyl (C=O) groups excluding carboxylic acids is 8. The first-order chi connectivity index (χ1) is 36.4. The molecule has 1 aromatic heterocycles. The molecule has 0 saturated carbocycles. The molecule has 5 rings (SSSR count). The fourth-order valence-electron chi connectivity index (χ4n) is 8.37. The smallest absolute Gasteiger partial charge is 0.368 e. The Balaban J connectivity index is 1.34. The first-order valence-corrected chi connectivity index (χ1v) is 29.3. The number of hydrogen-bond acceptors (Lipinski definition) is 16. The first kappa shape index (κ1) is 61.1. The molecule has 1 fully saturated rings. The number of primary amides is 1. The molecule has 11 N–H and O–H groups in total. The van der Waals surface area contributed by atoms with Crippen LogP contribution in [0.5, 0.6) is 5.75 Å². The van der Waals surface area contributed by atoms with Crippen molar-refractivity contribution in [3.8, 4) is 5.75 Å². The Bertz CT molecular complexity index is 2970. The number of likely N-dealkylation sites (tertiary alicyclic amines) is 1.